The van der Waals surface area contributed by atoms with E-state index in [1.165, 1.54) is 22.3 Å². The van der Waals surface area contributed by atoms with Crippen molar-refractivity contribution >= 4 is 16.5 Å². The molecular formula is C28H28N2O. The van der Waals surface area contributed by atoms with Gasteiger partial charge in [-0.1, -0.05) is 66.7 Å². The van der Waals surface area contributed by atoms with E-state index in [1.807, 2.05) is 12.1 Å². The molecular weight excluding hydrogens is 380 g/mol. The van der Waals surface area contributed by atoms with E-state index >= 15 is 0 Å². The number of nitrogens with one attached hydrogen (secondary N) is 1. The van der Waals surface area contributed by atoms with Gasteiger partial charge in [-0.15, -0.1) is 0 Å². The third-order valence-electron chi connectivity index (χ3n) is 6.45. The zero-order valence-electron chi connectivity index (χ0n) is 17.7. The van der Waals surface area contributed by atoms with Gasteiger partial charge < -0.3 is 10.1 Å². The highest BCUT2D eigenvalue weighted by atomic mass is 16.3. The van der Waals surface area contributed by atoms with Gasteiger partial charge in [0.1, 0.15) is 5.75 Å². The molecule has 3 aromatic carbocycles. The second kappa shape index (κ2) is 8.83. The molecule has 156 valence electrons. The number of phenolic OH excluding ortho intramolecular Hbond substituents is 1. The standard InChI is InChI=1S/C28H28N2O/c31-24-11-12-28-26(19-24)27(20-29-28)23-13-16-30(17-14-23)18-15-25(21-7-3-1-4-8-21)22-9-5-2-6-10-22/h1-12,15,19-20,23,29,31H,13-14,16-18H2. The lowest BCUT2D eigenvalue weighted by atomic mass is 9.89. The van der Waals surface area contributed by atoms with Gasteiger partial charge in [0.05, 0.1) is 0 Å². The minimum atomic E-state index is 0.338. The van der Waals surface area contributed by atoms with Crippen LogP contribution in [0.5, 0.6) is 5.75 Å². The molecule has 1 fully saturated rings. The highest BCUT2D eigenvalue weighted by molar-refractivity contribution is 5.85. The molecule has 1 aliphatic rings. The molecule has 1 aliphatic heterocycles. The van der Waals surface area contributed by atoms with Crippen molar-refractivity contribution in [3.05, 3.63) is 108 Å². The predicted molar refractivity (Wildman–Crippen MR) is 128 cm³/mol. The van der Waals surface area contributed by atoms with Crippen LogP contribution in [-0.4, -0.2) is 34.6 Å². The van der Waals surface area contributed by atoms with Crippen LogP contribution in [0.4, 0.5) is 0 Å². The van der Waals surface area contributed by atoms with E-state index < -0.39 is 0 Å². The van der Waals surface area contributed by atoms with Crippen LogP contribution in [0.25, 0.3) is 16.5 Å². The molecule has 0 aliphatic carbocycles. The molecule has 4 aromatic rings. The summed E-state index contributed by atoms with van der Waals surface area (Å²) in [4.78, 5) is 5.92. The van der Waals surface area contributed by atoms with Gasteiger partial charge in [0, 0.05) is 23.6 Å². The molecule has 3 nitrogen and oxygen atoms in total. The Bertz CT molecular complexity index is 1130. The lowest BCUT2D eigenvalue weighted by Crippen LogP contribution is -2.33. The minimum absolute atomic E-state index is 0.338. The van der Waals surface area contributed by atoms with Crippen molar-refractivity contribution in [3.63, 3.8) is 0 Å². The summed E-state index contributed by atoms with van der Waals surface area (Å²) in [6, 6.07) is 26.9. The number of likely N-dealkylation sites (tertiary alicyclic amines) is 1. The number of hydrogen-bond donors (Lipinski definition) is 2. The molecule has 0 bridgehead atoms. The van der Waals surface area contributed by atoms with E-state index in [-0.39, 0.29) is 0 Å². The van der Waals surface area contributed by atoms with Gasteiger partial charge in [-0.05, 0) is 72.3 Å². The fourth-order valence-corrected chi connectivity index (χ4v) is 4.75. The Kier molecular flexibility index (Phi) is 5.59. The number of rotatable bonds is 5. The normalized spacial score (nSPS) is 15.2. The molecule has 1 saturated heterocycles. The average molecular weight is 409 g/mol. The maximum Gasteiger partial charge on any atom is 0.116 e. The summed E-state index contributed by atoms with van der Waals surface area (Å²) in [7, 11) is 0. The van der Waals surface area contributed by atoms with Gasteiger partial charge in [0.15, 0.2) is 0 Å². The topological polar surface area (TPSA) is 39.3 Å². The Hall–Kier alpha value is -3.30. The van der Waals surface area contributed by atoms with E-state index in [0.29, 0.717) is 11.7 Å². The summed E-state index contributed by atoms with van der Waals surface area (Å²) in [6.07, 6.45) is 6.80. The Morgan fingerprint density at radius 2 is 1.55 bits per heavy atom. The molecule has 3 heteroatoms. The molecule has 5 rings (SSSR count). The minimum Gasteiger partial charge on any atom is -0.508 e. The van der Waals surface area contributed by atoms with Crippen LogP contribution in [0.2, 0.25) is 0 Å². The first-order chi connectivity index (χ1) is 15.3. The zero-order valence-corrected chi connectivity index (χ0v) is 17.7. The Morgan fingerprint density at radius 3 is 2.19 bits per heavy atom. The molecule has 31 heavy (non-hydrogen) atoms. The average Bonchev–Trinajstić information content (AvgIpc) is 3.24. The van der Waals surface area contributed by atoms with E-state index in [1.54, 1.807) is 6.07 Å². The lowest BCUT2D eigenvalue weighted by molar-refractivity contribution is 0.233. The number of H-pyrrole nitrogens is 1. The molecule has 0 radical (unpaired) electrons. The summed E-state index contributed by atoms with van der Waals surface area (Å²) < 4.78 is 0. The van der Waals surface area contributed by atoms with Crippen LogP contribution in [0, 0.1) is 0 Å². The van der Waals surface area contributed by atoms with Crippen LogP contribution < -0.4 is 0 Å². The van der Waals surface area contributed by atoms with Crippen LogP contribution in [-0.2, 0) is 0 Å². The summed E-state index contributed by atoms with van der Waals surface area (Å²) in [5.41, 5.74) is 6.28. The van der Waals surface area contributed by atoms with Crippen molar-refractivity contribution in [2.24, 2.45) is 0 Å². The fraction of sp³-hybridized carbons (Fsp3) is 0.214. The van der Waals surface area contributed by atoms with E-state index in [2.05, 4.69) is 82.8 Å². The van der Waals surface area contributed by atoms with Gasteiger partial charge in [-0.25, -0.2) is 0 Å². The van der Waals surface area contributed by atoms with Crippen molar-refractivity contribution in [1.82, 2.24) is 9.88 Å². The van der Waals surface area contributed by atoms with Crippen LogP contribution in [0.15, 0.2) is 91.1 Å². The quantitative estimate of drug-likeness (QED) is 0.414. The summed E-state index contributed by atoms with van der Waals surface area (Å²) >= 11 is 0. The smallest absolute Gasteiger partial charge is 0.116 e. The zero-order chi connectivity index (χ0) is 21.0. The van der Waals surface area contributed by atoms with Crippen LogP contribution in [0.1, 0.15) is 35.4 Å². The third kappa shape index (κ3) is 4.28. The number of aromatic amines is 1. The Morgan fingerprint density at radius 1 is 0.903 bits per heavy atom. The molecule has 2 N–H and O–H groups in total. The van der Waals surface area contributed by atoms with Crippen LogP contribution >= 0.6 is 0 Å². The SMILES string of the molecule is Oc1ccc2[nH]cc(C3CCN(CC=C(c4ccccc4)c4ccccc4)CC3)c2c1. The van der Waals surface area contributed by atoms with Gasteiger partial charge in [0.25, 0.3) is 0 Å². The fourth-order valence-electron chi connectivity index (χ4n) is 4.75. The number of nitrogens with zero attached hydrogens (tertiary/aromatic N) is 1. The molecule has 0 saturated carbocycles. The number of hydrogen-bond acceptors (Lipinski definition) is 2. The number of phenols is 1. The van der Waals surface area contributed by atoms with Gasteiger partial charge in [-0.2, -0.15) is 0 Å². The highest BCUT2D eigenvalue weighted by Gasteiger charge is 2.22. The maximum atomic E-state index is 9.89. The van der Waals surface area contributed by atoms with Crippen molar-refractivity contribution < 1.29 is 5.11 Å². The second-order valence-electron chi connectivity index (χ2n) is 8.40. The van der Waals surface area contributed by atoms with Crippen molar-refractivity contribution in [1.29, 1.82) is 0 Å². The van der Waals surface area contributed by atoms with Crippen LogP contribution in [0.3, 0.4) is 0 Å². The summed E-state index contributed by atoms with van der Waals surface area (Å²) in [5, 5.41) is 11.1. The van der Waals surface area contributed by atoms with Gasteiger partial charge in [-0.3, -0.25) is 4.90 Å². The molecule has 2 heterocycles. The van der Waals surface area contributed by atoms with E-state index in [4.69, 9.17) is 0 Å². The molecule has 0 atom stereocenters. The van der Waals surface area contributed by atoms with Crippen molar-refractivity contribution in [3.8, 4) is 5.75 Å². The largest absolute Gasteiger partial charge is 0.508 e. The number of aromatic hydroxyl groups is 1. The van der Waals surface area contributed by atoms with Gasteiger partial charge in [0.2, 0.25) is 0 Å². The van der Waals surface area contributed by atoms with E-state index in [9.17, 15) is 5.11 Å². The maximum absolute atomic E-state index is 9.89. The first kappa shape index (κ1) is 19.7. The number of piperidine rings is 1. The summed E-state index contributed by atoms with van der Waals surface area (Å²) in [6.45, 7) is 3.13. The van der Waals surface area contributed by atoms with Crippen molar-refractivity contribution in [2.75, 3.05) is 19.6 Å². The first-order valence-electron chi connectivity index (χ1n) is 11.1. The summed E-state index contributed by atoms with van der Waals surface area (Å²) in [5.74, 6) is 0.878. The molecule has 1 aromatic heterocycles. The third-order valence-corrected chi connectivity index (χ3v) is 6.45. The lowest BCUT2D eigenvalue weighted by Gasteiger charge is -2.31. The van der Waals surface area contributed by atoms with E-state index in [0.717, 1.165) is 43.4 Å². The first-order valence-corrected chi connectivity index (χ1v) is 11.1. The highest BCUT2D eigenvalue weighted by Crippen LogP contribution is 2.34. The predicted octanol–water partition coefficient (Wildman–Crippen LogP) is 6.18. The Labute approximate surface area is 183 Å². The monoisotopic (exact) mass is 408 g/mol. The molecule has 0 amide bonds. The molecule has 0 spiro atoms. The number of fused-ring (bicyclic) bond motifs is 1. The van der Waals surface area contributed by atoms with Gasteiger partial charge >= 0.3 is 0 Å². The number of aromatic nitrogens is 1. The van der Waals surface area contributed by atoms with Crippen molar-refractivity contribution in [2.45, 2.75) is 18.8 Å². The Balaban J connectivity index is 1.30. The number of benzene rings is 3. The second-order valence-corrected chi connectivity index (χ2v) is 8.40. The molecule has 0 unspecified atom stereocenters.